The fourth-order valence-corrected chi connectivity index (χ4v) is 3.55. The molecule has 2 aromatic rings. The van der Waals surface area contributed by atoms with Gasteiger partial charge in [0.05, 0.1) is 15.9 Å². The van der Waals surface area contributed by atoms with Crippen LogP contribution in [-0.4, -0.2) is 22.3 Å². The van der Waals surface area contributed by atoms with Crippen molar-refractivity contribution in [2.45, 2.75) is 44.5 Å². The van der Waals surface area contributed by atoms with Gasteiger partial charge in [-0.1, -0.05) is 12.1 Å². The summed E-state index contributed by atoms with van der Waals surface area (Å²) >= 11 is 2.96. The number of para-hydroxylation sites is 2. The summed E-state index contributed by atoms with van der Waals surface area (Å²) in [6, 6.07) is 4.43. The molecule has 0 radical (unpaired) electrons. The largest absolute Gasteiger partial charge is 0.436 e. The zero-order valence-electron chi connectivity index (χ0n) is 14.4. The van der Waals surface area contributed by atoms with Crippen molar-refractivity contribution in [3.05, 3.63) is 40.1 Å². The highest BCUT2D eigenvalue weighted by Gasteiger charge is 2.43. The third-order valence-corrected chi connectivity index (χ3v) is 5.01. The molecule has 1 N–H and O–H groups in total. The Hall–Kier alpha value is -2.17. The molecule has 1 aromatic heterocycles. The summed E-state index contributed by atoms with van der Waals surface area (Å²) in [4.78, 5) is 12.6. The molecule has 0 aliphatic heterocycles. The van der Waals surface area contributed by atoms with Gasteiger partial charge in [0.15, 0.2) is 5.69 Å². The maximum Gasteiger partial charge on any atom is 0.436 e. The van der Waals surface area contributed by atoms with Gasteiger partial charge in [-0.25, -0.2) is 0 Å². The van der Waals surface area contributed by atoms with Crippen LogP contribution in [0.3, 0.4) is 0 Å². The molecule has 0 spiro atoms. The number of anilines is 1. The van der Waals surface area contributed by atoms with Crippen molar-refractivity contribution >= 4 is 27.5 Å². The Morgan fingerprint density at radius 2 is 1.96 bits per heavy atom. The number of nitrogens with one attached hydrogen (secondary N) is 1. The lowest BCUT2D eigenvalue weighted by atomic mass is 10.2. The van der Waals surface area contributed by atoms with Crippen LogP contribution in [-0.2, 0) is 11.0 Å². The lowest BCUT2D eigenvalue weighted by molar-refractivity contribution is -0.142. The normalized spacial score (nSPS) is 15.6. The van der Waals surface area contributed by atoms with Crippen LogP contribution < -0.4 is 10.1 Å². The minimum atomic E-state index is -4.68. The van der Waals surface area contributed by atoms with E-state index in [2.05, 4.69) is 31.1 Å². The molecule has 1 fully saturated rings. The van der Waals surface area contributed by atoms with E-state index >= 15 is 0 Å². The number of nitrogens with zero attached hydrogens (tertiary/aromatic N) is 2. The third kappa shape index (κ3) is 4.29. The molecule has 1 amide bonds. The molecule has 28 heavy (non-hydrogen) atoms. The second-order valence-electron chi connectivity index (χ2n) is 6.30. The molecule has 0 bridgehead atoms. The first kappa shape index (κ1) is 20.6. The molecule has 1 heterocycles. The van der Waals surface area contributed by atoms with E-state index in [9.17, 15) is 26.7 Å². The zero-order chi connectivity index (χ0) is 20.6. The molecule has 1 aromatic carbocycles. The summed E-state index contributed by atoms with van der Waals surface area (Å²) in [6.45, 7) is -1.70. The van der Waals surface area contributed by atoms with Crippen molar-refractivity contribution in [3.8, 4) is 5.75 Å². The van der Waals surface area contributed by atoms with Crippen molar-refractivity contribution < 1.29 is 31.5 Å². The molecular weight excluding hydrogens is 453 g/mol. The van der Waals surface area contributed by atoms with Gasteiger partial charge in [0.25, 0.3) is 0 Å². The molecule has 1 aliphatic carbocycles. The number of benzene rings is 1. The van der Waals surface area contributed by atoms with Gasteiger partial charge in [0.2, 0.25) is 5.91 Å². The van der Waals surface area contributed by atoms with E-state index in [-0.39, 0.29) is 21.8 Å². The molecule has 1 aliphatic rings. The van der Waals surface area contributed by atoms with Gasteiger partial charge < -0.3 is 10.1 Å². The minimum absolute atomic E-state index is 0.0186. The number of carbonyl (C=O) groups excluding carboxylic acids is 1. The van der Waals surface area contributed by atoms with Crippen molar-refractivity contribution in [1.82, 2.24) is 9.78 Å². The number of rotatable bonds is 6. The van der Waals surface area contributed by atoms with Crippen molar-refractivity contribution in [3.63, 3.8) is 0 Å². The first-order valence-corrected chi connectivity index (χ1v) is 9.08. The molecule has 1 atom stereocenters. The quantitative estimate of drug-likeness (QED) is 0.583. The Labute approximate surface area is 165 Å². The van der Waals surface area contributed by atoms with Crippen molar-refractivity contribution in [1.29, 1.82) is 0 Å². The van der Waals surface area contributed by atoms with Crippen LogP contribution in [0.5, 0.6) is 5.75 Å². The van der Waals surface area contributed by atoms with Crippen LogP contribution in [0.4, 0.5) is 27.6 Å². The standard InChI is InChI=1S/C17H15BrF5N3O2/c1-8(15(27)24-10-4-2-3-5-11(10)28-16(19)20)26-13(9-6-7-9)12(18)14(25-26)17(21,22)23/h2-5,8-9,16H,6-7H2,1H3,(H,24,27). The number of hydrogen-bond acceptors (Lipinski definition) is 3. The fourth-order valence-electron chi connectivity index (χ4n) is 2.74. The number of amides is 1. The number of carbonyl (C=O) groups is 1. The summed E-state index contributed by atoms with van der Waals surface area (Å²) in [7, 11) is 0. The van der Waals surface area contributed by atoms with Crippen LogP contribution in [0.15, 0.2) is 28.7 Å². The lowest BCUT2D eigenvalue weighted by Gasteiger charge is -2.17. The highest BCUT2D eigenvalue weighted by molar-refractivity contribution is 9.10. The van der Waals surface area contributed by atoms with E-state index in [1.807, 2.05) is 0 Å². The molecule has 3 rings (SSSR count). The Balaban J connectivity index is 1.89. The van der Waals surface area contributed by atoms with Crippen LogP contribution in [0.25, 0.3) is 0 Å². The zero-order valence-corrected chi connectivity index (χ0v) is 16.0. The second kappa shape index (κ2) is 7.69. The Morgan fingerprint density at radius 1 is 1.32 bits per heavy atom. The molecule has 1 unspecified atom stereocenters. The van der Waals surface area contributed by atoms with Crippen LogP contribution in [0.2, 0.25) is 0 Å². The molecule has 5 nitrogen and oxygen atoms in total. The molecule has 152 valence electrons. The fraction of sp³-hybridized carbons (Fsp3) is 0.412. The maximum absolute atomic E-state index is 13.2. The first-order chi connectivity index (χ1) is 13.1. The third-order valence-electron chi connectivity index (χ3n) is 4.23. The Morgan fingerprint density at radius 3 is 2.54 bits per heavy atom. The predicted molar refractivity (Wildman–Crippen MR) is 93.3 cm³/mol. The van der Waals surface area contributed by atoms with E-state index in [0.29, 0.717) is 18.5 Å². The van der Waals surface area contributed by atoms with Gasteiger partial charge in [-0.3, -0.25) is 9.48 Å². The van der Waals surface area contributed by atoms with Gasteiger partial charge in [-0.05, 0) is 47.8 Å². The molecule has 1 saturated carbocycles. The number of hydrogen-bond donors (Lipinski definition) is 1. The number of ether oxygens (including phenoxy) is 1. The lowest BCUT2D eigenvalue weighted by Crippen LogP contribution is -2.26. The first-order valence-electron chi connectivity index (χ1n) is 8.29. The predicted octanol–water partition coefficient (Wildman–Crippen LogP) is 5.34. The summed E-state index contributed by atoms with van der Waals surface area (Å²) in [5, 5.41) is 6.02. The monoisotopic (exact) mass is 467 g/mol. The van der Waals surface area contributed by atoms with Crippen LogP contribution in [0.1, 0.15) is 43.1 Å². The second-order valence-corrected chi connectivity index (χ2v) is 7.10. The van der Waals surface area contributed by atoms with Crippen LogP contribution >= 0.6 is 15.9 Å². The maximum atomic E-state index is 13.2. The van der Waals surface area contributed by atoms with E-state index in [4.69, 9.17) is 0 Å². The number of halogens is 6. The number of aromatic nitrogens is 2. The summed E-state index contributed by atoms with van der Waals surface area (Å²) in [5.41, 5.74) is -0.822. The Kier molecular flexibility index (Phi) is 5.64. The minimum Gasteiger partial charge on any atom is -0.433 e. The van der Waals surface area contributed by atoms with Crippen molar-refractivity contribution in [2.75, 3.05) is 5.32 Å². The van der Waals surface area contributed by atoms with E-state index in [0.717, 1.165) is 4.68 Å². The van der Waals surface area contributed by atoms with Crippen LogP contribution in [0, 0.1) is 0 Å². The van der Waals surface area contributed by atoms with E-state index < -0.39 is 30.4 Å². The van der Waals surface area contributed by atoms with E-state index in [1.165, 1.54) is 31.2 Å². The highest BCUT2D eigenvalue weighted by atomic mass is 79.9. The molecule has 11 heteroatoms. The van der Waals surface area contributed by atoms with Gasteiger partial charge in [0, 0.05) is 5.92 Å². The molecule has 0 saturated heterocycles. The van der Waals surface area contributed by atoms with Gasteiger partial charge in [-0.15, -0.1) is 0 Å². The Bertz CT molecular complexity index is 880. The topological polar surface area (TPSA) is 56.1 Å². The van der Waals surface area contributed by atoms with Gasteiger partial charge >= 0.3 is 12.8 Å². The summed E-state index contributed by atoms with van der Waals surface area (Å²) < 4.78 is 69.9. The SMILES string of the molecule is CC(C(=O)Nc1ccccc1OC(F)F)n1nc(C(F)(F)F)c(Br)c1C1CC1. The average molecular weight is 468 g/mol. The summed E-state index contributed by atoms with van der Waals surface area (Å²) in [6.07, 6.45) is -3.29. The van der Waals surface area contributed by atoms with Crippen molar-refractivity contribution in [2.24, 2.45) is 0 Å². The van der Waals surface area contributed by atoms with Gasteiger partial charge in [-0.2, -0.15) is 27.1 Å². The molecular formula is C17H15BrF5N3O2. The van der Waals surface area contributed by atoms with E-state index in [1.54, 1.807) is 0 Å². The highest BCUT2D eigenvalue weighted by Crippen LogP contribution is 2.47. The smallest absolute Gasteiger partial charge is 0.433 e. The number of alkyl halides is 5. The average Bonchev–Trinajstić information content (AvgIpc) is 3.36. The van der Waals surface area contributed by atoms with Gasteiger partial charge in [0.1, 0.15) is 11.8 Å². The summed E-state index contributed by atoms with van der Waals surface area (Å²) in [5.74, 6) is -1.09.